The molecule has 0 spiro atoms. The molecule has 1 aliphatic carbocycles. The molecule has 3 aromatic rings. The van der Waals surface area contributed by atoms with Crippen molar-refractivity contribution in [1.82, 2.24) is 14.0 Å². The van der Waals surface area contributed by atoms with E-state index in [2.05, 4.69) is 0 Å². The highest BCUT2D eigenvalue weighted by molar-refractivity contribution is 6.17. The van der Waals surface area contributed by atoms with Crippen LogP contribution in [0.1, 0.15) is 74.2 Å². The van der Waals surface area contributed by atoms with Gasteiger partial charge in [-0.2, -0.15) is 0 Å². The van der Waals surface area contributed by atoms with Crippen LogP contribution in [0.15, 0.2) is 35.3 Å². The van der Waals surface area contributed by atoms with Crippen LogP contribution in [0.2, 0.25) is 0 Å². The summed E-state index contributed by atoms with van der Waals surface area (Å²) >= 11 is 0. The second-order valence-electron chi connectivity index (χ2n) is 9.05. The number of aromatic nitrogens is 2. The van der Waals surface area contributed by atoms with Gasteiger partial charge in [0.15, 0.2) is 0 Å². The molecule has 2 aromatic heterocycles. The number of aryl methyl sites for hydroxylation is 1. The van der Waals surface area contributed by atoms with E-state index in [1.54, 1.807) is 0 Å². The SMILES string of the molecule is Cn1c2ccccc2c2c(C(=O)N3CCCCCC3)cn(C3CCCCC3)c(=O)c21. The normalized spacial score (nSPS) is 18.8. The molecule has 0 radical (unpaired) electrons. The fourth-order valence-electron chi connectivity index (χ4n) is 5.54. The van der Waals surface area contributed by atoms with Crippen molar-refractivity contribution in [2.75, 3.05) is 13.1 Å². The molecule has 5 heteroatoms. The van der Waals surface area contributed by atoms with E-state index in [0.29, 0.717) is 11.1 Å². The Labute approximate surface area is 177 Å². The van der Waals surface area contributed by atoms with Crippen LogP contribution in [0.5, 0.6) is 0 Å². The van der Waals surface area contributed by atoms with Gasteiger partial charge in [-0.1, -0.05) is 50.3 Å². The van der Waals surface area contributed by atoms with Gasteiger partial charge in [0, 0.05) is 48.7 Å². The van der Waals surface area contributed by atoms with Crippen LogP contribution < -0.4 is 5.56 Å². The van der Waals surface area contributed by atoms with Gasteiger partial charge >= 0.3 is 0 Å². The number of para-hydroxylation sites is 1. The standard InChI is InChI=1S/C25H31N3O2/c1-26-21-14-8-7-13-19(21)22-20(24(29)27-15-9-2-3-10-16-27)17-28(25(30)23(22)26)18-11-5-4-6-12-18/h7-8,13-14,17-18H,2-6,9-12,15-16H2,1H3. The number of likely N-dealkylation sites (tertiary alicyclic amines) is 1. The minimum Gasteiger partial charge on any atom is -0.339 e. The highest BCUT2D eigenvalue weighted by Gasteiger charge is 2.27. The lowest BCUT2D eigenvalue weighted by Crippen LogP contribution is -2.34. The number of rotatable bonds is 2. The molecule has 3 heterocycles. The predicted octanol–water partition coefficient (Wildman–Crippen LogP) is 5.01. The lowest BCUT2D eigenvalue weighted by Gasteiger charge is -2.26. The summed E-state index contributed by atoms with van der Waals surface area (Å²) in [5.41, 5.74) is 2.43. The highest BCUT2D eigenvalue weighted by Crippen LogP contribution is 2.33. The molecular formula is C25H31N3O2. The zero-order valence-corrected chi connectivity index (χ0v) is 17.9. The molecule has 30 heavy (non-hydrogen) atoms. The summed E-state index contributed by atoms with van der Waals surface area (Å²) in [6.07, 6.45) is 12.0. The maximum atomic E-state index is 13.8. The highest BCUT2D eigenvalue weighted by atomic mass is 16.2. The fraction of sp³-hybridized carbons (Fsp3) is 0.520. The Kier molecular flexibility index (Phi) is 5.13. The van der Waals surface area contributed by atoms with Crippen LogP contribution in [0.4, 0.5) is 0 Å². The second kappa shape index (κ2) is 7.93. The van der Waals surface area contributed by atoms with E-state index in [9.17, 15) is 9.59 Å². The average molecular weight is 406 g/mol. The number of amides is 1. The minimum atomic E-state index is 0.0445. The topological polar surface area (TPSA) is 47.2 Å². The van der Waals surface area contributed by atoms with E-state index in [1.165, 1.54) is 19.3 Å². The van der Waals surface area contributed by atoms with Gasteiger partial charge in [-0.25, -0.2) is 0 Å². The van der Waals surface area contributed by atoms with Gasteiger partial charge in [0.25, 0.3) is 11.5 Å². The lowest BCUT2D eigenvalue weighted by molar-refractivity contribution is 0.0762. The average Bonchev–Trinajstić information content (AvgIpc) is 2.94. The van der Waals surface area contributed by atoms with Crippen LogP contribution in [0.3, 0.4) is 0 Å². The number of benzene rings is 1. The van der Waals surface area contributed by atoms with Gasteiger partial charge in [-0.15, -0.1) is 0 Å². The van der Waals surface area contributed by atoms with Gasteiger partial charge in [0.2, 0.25) is 0 Å². The molecule has 158 valence electrons. The molecule has 5 rings (SSSR count). The summed E-state index contributed by atoms with van der Waals surface area (Å²) in [6, 6.07) is 8.27. The Balaban J connectivity index is 1.76. The van der Waals surface area contributed by atoms with E-state index in [1.807, 2.05) is 51.5 Å². The number of carbonyl (C=O) groups excluding carboxylic acids is 1. The number of hydrogen-bond acceptors (Lipinski definition) is 2. The molecule has 0 atom stereocenters. The quantitative estimate of drug-likeness (QED) is 0.601. The number of hydrogen-bond donors (Lipinski definition) is 0. The number of pyridine rings is 1. The van der Waals surface area contributed by atoms with E-state index in [-0.39, 0.29) is 17.5 Å². The van der Waals surface area contributed by atoms with E-state index >= 15 is 0 Å². The van der Waals surface area contributed by atoms with Crippen molar-refractivity contribution in [3.8, 4) is 0 Å². The van der Waals surface area contributed by atoms with Crippen molar-refractivity contribution in [3.63, 3.8) is 0 Å². The van der Waals surface area contributed by atoms with Crippen LogP contribution in [0, 0.1) is 0 Å². The maximum Gasteiger partial charge on any atom is 0.275 e. The molecule has 5 nitrogen and oxygen atoms in total. The first-order valence-corrected chi connectivity index (χ1v) is 11.6. The Morgan fingerprint density at radius 1 is 0.933 bits per heavy atom. The van der Waals surface area contributed by atoms with E-state index < -0.39 is 0 Å². The summed E-state index contributed by atoms with van der Waals surface area (Å²) in [4.78, 5) is 29.4. The Hall–Kier alpha value is -2.56. The van der Waals surface area contributed by atoms with Crippen molar-refractivity contribution in [3.05, 3.63) is 46.4 Å². The second-order valence-corrected chi connectivity index (χ2v) is 9.05. The van der Waals surface area contributed by atoms with Crippen molar-refractivity contribution in [2.24, 2.45) is 7.05 Å². The summed E-state index contributed by atoms with van der Waals surface area (Å²) in [5, 5.41) is 1.83. The monoisotopic (exact) mass is 405 g/mol. The first-order chi connectivity index (χ1) is 14.7. The van der Waals surface area contributed by atoms with Gasteiger partial charge in [-0.3, -0.25) is 9.59 Å². The van der Waals surface area contributed by atoms with E-state index in [0.717, 1.165) is 67.9 Å². The summed E-state index contributed by atoms with van der Waals surface area (Å²) < 4.78 is 3.89. The molecule has 1 saturated heterocycles. The third-order valence-corrected chi connectivity index (χ3v) is 7.17. The van der Waals surface area contributed by atoms with Crippen molar-refractivity contribution in [2.45, 2.75) is 63.8 Å². The Morgan fingerprint density at radius 2 is 1.60 bits per heavy atom. The summed E-state index contributed by atoms with van der Waals surface area (Å²) in [5.74, 6) is 0.0859. The number of nitrogens with zero attached hydrogens (tertiary/aromatic N) is 3. The molecule has 1 aliphatic heterocycles. The lowest BCUT2D eigenvalue weighted by atomic mass is 9.95. The Morgan fingerprint density at radius 3 is 2.33 bits per heavy atom. The zero-order chi connectivity index (χ0) is 20.7. The van der Waals surface area contributed by atoms with Crippen LogP contribution in [-0.2, 0) is 7.05 Å². The summed E-state index contributed by atoms with van der Waals surface area (Å²) in [7, 11) is 1.96. The largest absolute Gasteiger partial charge is 0.339 e. The first kappa shape index (κ1) is 19.4. The molecule has 0 bridgehead atoms. The van der Waals surface area contributed by atoms with Gasteiger partial charge in [0.05, 0.1) is 5.56 Å². The van der Waals surface area contributed by atoms with Gasteiger partial charge in [-0.05, 0) is 31.7 Å². The molecule has 2 aliphatic rings. The third kappa shape index (κ3) is 3.15. The zero-order valence-electron chi connectivity index (χ0n) is 17.9. The molecule has 1 saturated carbocycles. The smallest absolute Gasteiger partial charge is 0.275 e. The van der Waals surface area contributed by atoms with Crippen molar-refractivity contribution < 1.29 is 4.79 Å². The molecule has 1 amide bonds. The number of fused-ring (bicyclic) bond motifs is 3. The summed E-state index contributed by atoms with van der Waals surface area (Å²) in [6.45, 7) is 1.63. The minimum absolute atomic E-state index is 0.0445. The fourth-order valence-corrected chi connectivity index (χ4v) is 5.54. The first-order valence-electron chi connectivity index (χ1n) is 11.6. The van der Waals surface area contributed by atoms with Crippen LogP contribution in [-0.4, -0.2) is 33.0 Å². The molecule has 0 unspecified atom stereocenters. The predicted molar refractivity (Wildman–Crippen MR) is 121 cm³/mol. The van der Waals surface area contributed by atoms with Crippen molar-refractivity contribution in [1.29, 1.82) is 0 Å². The third-order valence-electron chi connectivity index (χ3n) is 7.17. The maximum absolute atomic E-state index is 13.8. The molecule has 1 aromatic carbocycles. The van der Waals surface area contributed by atoms with Crippen molar-refractivity contribution >= 4 is 27.7 Å². The van der Waals surface area contributed by atoms with Gasteiger partial charge in [0.1, 0.15) is 5.52 Å². The molecule has 0 N–H and O–H groups in total. The van der Waals surface area contributed by atoms with Crippen LogP contribution in [0.25, 0.3) is 21.8 Å². The number of carbonyl (C=O) groups is 1. The molecule has 2 fully saturated rings. The van der Waals surface area contributed by atoms with Crippen LogP contribution >= 0.6 is 0 Å². The molecular weight excluding hydrogens is 374 g/mol. The van der Waals surface area contributed by atoms with Gasteiger partial charge < -0.3 is 14.0 Å². The van der Waals surface area contributed by atoms with E-state index in [4.69, 9.17) is 0 Å². The Bertz CT molecular complexity index is 1140.